The molecular formula is C6H5N3OS. The zero-order valence-corrected chi connectivity index (χ0v) is 6.39. The first-order valence-corrected chi connectivity index (χ1v) is 4.14. The lowest BCUT2D eigenvalue weighted by molar-refractivity contribution is -0.117. The van der Waals surface area contributed by atoms with Crippen molar-refractivity contribution in [1.29, 1.82) is 0 Å². The average molecular weight is 167 g/mol. The van der Waals surface area contributed by atoms with Crippen molar-refractivity contribution in [3.05, 3.63) is 11.0 Å². The van der Waals surface area contributed by atoms with Crippen molar-refractivity contribution >= 4 is 29.7 Å². The number of nitrogens with zero attached hydrogens (tertiary/aromatic N) is 2. The predicted molar refractivity (Wildman–Crippen MR) is 44.6 cm³/mol. The minimum Gasteiger partial charge on any atom is -0.308 e. The van der Waals surface area contributed by atoms with Crippen molar-refractivity contribution < 1.29 is 4.79 Å². The van der Waals surface area contributed by atoms with Gasteiger partial charge in [0, 0.05) is 5.57 Å². The summed E-state index contributed by atoms with van der Waals surface area (Å²) in [6.07, 6.45) is 1.63. The summed E-state index contributed by atoms with van der Waals surface area (Å²) in [5.41, 5.74) is 0.890. The molecule has 0 saturated carbocycles. The Morgan fingerprint density at radius 1 is 1.64 bits per heavy atom. The first kappa shape index (κ1) is 6.60. The van der Waals surface area contributed by atoms with Gasteiger partial charge in [-0.1, -0.05) is 0 Å². The van der Waals surface area contributed by atoms with Gasteiger partial charge in [-0.15, -0.1) is 16.9 Å². The molecule has 2 heterocycles. The number of hydrogen-bond donors (Lipinski definition) is 1. The van der Waals surface area contributed by atoms with Gasteiger partial charge in [0.15, 0.2) is 5.84 Å². The van der Waals surface area contributed by atoms with Crippen LogP contribution in [0.1, 0.15) is 0 Å². The molecule has 0 aromatic heterocycles. The molecule has 0 saturated heterocycles. The van der Waals surface area contributed by atoms with Gasteiger partial charge in [0.1, 0.15) is 0 Å². The van der Waals surface area contributed by atoms with Gasteiger partial charge in [-0.2, -0.15) is 5.10 Å². The minimum atomic E-state index is -0.0227. The van der Waals surface area contributed by atoms with E-state index in [0.29, 0.717) is 11.6 Å². The highest BCUT2D eigenvalue weighted by atomic mass is 32.2. The van der Waals surface area contributed by atoms with Crippen LogP contribution >= 0.6 is 11.8 Å². The van der Waals surface area contributed by atoms with E-state index in [1.165, 1.54) is 11.8 Å². The molecular weight excluding hydrogens is 162 g/mol. The SMILES string of the molecule is O=C1CSC=C2C=NN=C2N1. The van der Waals surface area contributed by atoms with Gasteiger partial charge in [-0.3, -0.25) is 4.79 Å². The summed E-state index contributed by atoms with van der Waals surface area (Å²) in [7, 11) is 0. The number of carbonyl (C=O) groups excluding carboxylic acids is 1. The third-order valence-corrected chi connectivity index (χ3v) is 2.16. The Kier molecular flexibility index (Phi) is 1.50. The Balaban J connectivity index is 2.30. The van der Waals surface area contributed by atoms with Gasteiger partial charge in [0.2, 0.25) is 5.91 Å². The Morgan fingerprint density at radius 3 is 3.45 bits per heavy atom. The molecule has 11 heavy (non-hydrogen) atoms. The van der Waals surface area contributed by atoms with Crippen molar-refractivity contribution in [1.82, 2.24) is 5.32 Å². The Hall–Kier alpha value is -1.10. The molecule has 0 aliphatic carbocycles. The highest BCUT2D eigenvalue weighted by Gasteiger charge is 2.16. The van der Waals surface area contributed by atoms with Crippen molar-refractivity contribution in [3.63, 3.8) is 0 Å². The van der Waals surface area contributed by atoms with Crippen LogP contribution in [0.5, 0.6) is 0 Å². The van der Waals surface area contributed by atoms with E-state index >= 15 is 0 Å². The highest BCUT2D eigenvalue weighted by Crippen LogP contribution is 2.13. The maximum Gasteiger partial charge on any atom is 0.235 e. The number of amides is 1. The van der Waals surface area contributed by atoms with Crippen LogP contribution in [0, 0.1) is 0 Å². The summed E-state index contributed by atoms with van der Waals surface area (Å²) in [6.45, 7) is 0. The van der Waals surface area contributed by atoms with E-state index in [9.17, 15) is 4.79 Å². The maximum atomic E-state index is 10.9. The summed E-state index contributed by atoms with van der Waals surface area (Å²) in [4.78, 5) is 10.9. The van der Waals surface area contributed by atoms with Crippen molar-refractivity contribution in [2.24, 2.45) is 10.2 Å². The molecule has 1 amide bonds. The maximum absolute atomic E-state index is 10.9. The summed E-state index contributed by atoms with van der Waals surface area (Å²) >= 11 is 1.45. The smallest absolute Gasteiger partial charge is 0.235 e. The average Bonchev–Trinajstić information content (AvgIpc) is 2.31. The van der Waals surface area contributed by atoms with Crippen molar-refractivity contribution in [2.75, 3.05) is 5.75 Å². The van der Waals surface area contributed by atoms with Gasteiger partial charge >= 0.3 is 0 Å². The molecule has 4 nitrogen and oxygen atoms in total. The van der Waals surface area contributed by atoms with Crippen LogP contribution in [0.4, 0.5) is 0 Å². The van der Waals surface area contributed by atoms with Crippen LogP contribution in [0.15, 0.2) is 21.2 Å². The largest absolute Gasteiger partial charge is 0.308 e. The molecule has 0 unspecified atom stereocenters. The van der Waals surface area contributed by atoms with Crippen LogP contribution in [0.2, 0.25) is 0 Å². The van der Waals surface area contributed by atoms with E-state index in [1.807, 2.05) is 5.41 Å². The zero-order chi connectivity index (χ0) is 7.68. The molecule has 2 aliphatic rings. The first-order chi connectivity index (χ1) is 5.36. The molecule has 0 aromatic rings. The molecule has 5 heteroatoms. The summed E-state index contributed by atoms with van der Waals surface area (Å²) in [5.74, 6) is 1.00. The molecule has 0 bridgehead atoms. The second kappa shape index (κ2) is 2.50. The topological polar surface area (TPSA) is 53.8 Å². The summed E-state index contributed by atoms with van der Waals surface area (Å²) in [5, 5.41) is 11.9. The van der Waals surface area contributed by atoms with E-state index in [1.54, 1.807) is 6.21 Å². The number of thioether (sulfide) groups is 1. The fourth-order valence-corrected chi connectivity index (χ4v) is 1.49. The molecule has 1 N–H and O–H groups in total. The van der Waals surface area contributed by atoms with Crippen LogP contribution in [0.3, 0.4) is 0 Å². The van der Waals surface area contributed by atoms with Crippen molar-refractivity contribution in [3.8, 4) is 0 Å². The number of amidine groups is 1. The van der Waals surface area contributed by atoms with Crippen LogP contribution in [0.25, 0.3) is 0 Å². The van der Waals surface area contributed by atoms with E-state index in [-0.39, 0.29) is 5.91 Å². The minimum absolute atomic E-state index is 0.0227. The Bertz CT molecular complexity index is 292. The molecule has 0 aromatic carbocycles. The third-order valence-electron chi connectivity index (χ3n) is 1.31. The molecule has 0 radical (unpaired) electrons. The Morgan fingerprint density at radius 2 is 2.55 bits per heavy atom. The summed E-state index contributed by atoms with van der Waals surface area (Å²) in [6, 6.07) is 0. The van der Waals surface area contributed by atoms with Gasteiger partial charge in [0.05, 0.1) is 12.0 Å². The van der Waals surface area contributed by atoms with E-state index in [0.717, 1.165) is 5.57 Å². The highest BCUT2D eigenvalue weighted by molar-refractivity contribution is 8.02. The third kappa shape index (κ3) is 1.19. The molecule has 0 atom stereocenters. The zero-order valence-electron chi connectivity index (χ0n) is 5.57. The molecule has 2 rings (SSSR count). The lowest BCUT2D eigenvalue weighted by Gasteiger charge is -1.97. The van der Waals surface area contributed by atoms with Crippen LogP contribution in [-0.4, -0.2) is 23.7 Å². The predicted octanol–water partition coefficient (Wildman–Crippen LogP) is 0.131. The number of rotatable bonds is 0. The normalized spacial score (nSPS) is 21.6. The summed E-state index contributed by atoms with van der Waals surface area (Å²) < 4.78 is 0. The first-order valence-electron chi connectivity index (χ1n) is 3.09. The Labute approximate surface area is 67.5 Å². The lowest BCUT2D eigenvalue weighted by Crippen LogP contribution is -2.30. The fraction of sp³-hybridized carbons (Fsp3) is 0.167. The molecule has 0 spiro atoms. The molecule has 56 valence electrons. The van der Waals surface area contributed by atoms with Gasteiger partial charge in [-0.05, 0) is 5.41 Å². The van der Waals surface area contributed by atoms with Crippen molar-refractivity contribution in [2.45, 2.75) is 0 Å². The van der Waals surface area contributed by atoms with E-state index in [4.69, 9.17) is 0 Å². The number of fused-ring (bicyclic) bond motifs is 1. The van der Waals surface area contributed by atoms with Gasteiger partial charge in [-0.25, -0.2) is 0 Å². The van der Waals surface area contributed by atoms with Gasteiger partial charge in [0.25, 0.3) is 0 Å². The second-order valence-corrected chi connectivity index (χ2v) is 2.98. The number of carbonyl (C=O) groups is 1. The lowest BCUT2D eigenvalue weighted by atomic mass is 10.3. The molecule has 2 aliphatic heterocycles. The standard InChI is InChI=1S/C6H5N3OS/c10-5-3-11-2-4-1-7-9-6(4)8-5/h1-2H,3H2,(H,8,9,10). The number of nitrogens with one attached hydrogen (secondary N) is 1. The monoisotopic (exact) mass is 167 g/mol. The van der Waals surface area contributed by atoms with Crippen LogP contribution in [-0.2, 0) is 4.79 Å². The van der Waals surface area contributed by atoms with Gasteiger partial charge < -0.3 is 5.32 Å². The van der Waals surface area contributed by atoms with Crippen LogP contribution < -0.4 is 5.32 Å². The molecule has 0 fully saturated rings. The van der Waals surface area contributed by atoms with E-state index in [2.05, 4.69) is 15.5 Å². The fourth-order valence-electron chi connectivity index (χ4n) is 0.826. The van der Waals surface area contributed by atoms with E-state index < -0.39 is 0 Å². The quantitative estimate of drug-likeness (QED) is 0.557. The second-order valence-electron chi connectivity index (χ2n) is 2.13. The number of hydrogen-bond acceptors (Lipinski definition) is 4.